The lowest BCUT2D eigenvalue weighted by atomic mass is 9.76. The highest BCUT2D eigenvalue weighted by atomic mass is 19.3. The zero-order chi connectivity index (χ0) is 18.9. The first kappa shape index (κ1) is 17.2. The molecule has 1 fully saturated rings. The third-order valence-corrected chi connectivity index (χ3v) is 6.27. The van der Waals surface area contributed by atoms with Crippen molar-refractivity contribution in [3.05, 3.63) is 52.3 Å². The smallest absolute Gasteiger partial charge is 0.342 e. The van der Waals surface area contributed by atoms with Gasteiger partial charge in [-0.05, 0) is 36.8 Å². The first-order valence-corrected chi connectivity index (χ1v) is 8.83. The molecular weight excluding hydrogens is 338 g/mol. The van der Waals surface area contributed by atoms with Crippen molar-refractivity contribution in [2.45, 2.75) is 51.6 Å². The summed E-state index contributed by atoms with van der Waals surface area (Å²) in [6.45, 7) is 6.25. The van der Waals surface area contributed by atoms with Crippen molar-refractivity contribution < 1.29 is 18.3 Å². The van der Waals surface area contributed by atoms with E-state index in [2.05, 4.69) is 25.0 Å². The Balaban J connectivity index is 1.77. The van der Waals surface area contributed by atoms with Gasteiger partial charge >= 0.3 is 5.97 Å². The lowest BCUT2D eigenvalue weighted by molar-refractivity contribution is -0.0685. The molecule has 2 aliphatic carbocycles. The van der Waals surface area contributed by atoms with Crippen molar-refractivity contribution in [3.63, 3.8) is 0 Å². The van der Waals surface area contributed by atoms with Gasteiger partial charge in [-0.3, -0.25) is 4.68 Å². The van der Waals surface area contributed by atoms with E-state index in [9.17, 15) is 13.6 Å². The lowest BCUT2D eigenvalue weighted by Gasteiger charge is -2.38. The van der Waals surface area contributed by atoms with E-state index in [1.54, 1.807) is 0 Å². The molecule has 1 aromatic heterocycles. The molecule has 26 heavy (non-hydrogen) atoms. The van der Waals surface area contributed by atoms with E-state index >= 15 is 0 Å². The van der Waals surface area contributed by atoms with Gasteiger partial charge in [-0.2, -0.15) is 5.10 Å². The van der Waals surface area contributed by atoms with Crippen LogP contribution in [0.15, 0.2) is 24.4 Å². The maximum atomic E-state index is 13.3. The van der Waals surface area contributed by atoms with Crippen LogP contribution in [0.5, 0.6) is 0 Å². The molecule has 0 amide bonds. The van der Waals surface area contributed by atoms with E-state index in [4.69, 9.17) is 4.74 Å². The molecule has 1 saturated carbocycles. The third-order valence-electron chi connectivity index (χ3n) is 6.27. The van der Waals surface area contributed by atoms with Crippen LogP contribution in [0.4, 0.5) is 8.78 Å². The number of esters is 1. The Labute approximate surface area is 151 Å². The van der Waals surface area contributed by atoms with Gasteiger partial charge in [0.25, 0.3) is 6.43 Å². The number of rotatable bonds is 3. The predicted octanol–water partition coefficient (Wildman–Crippen LogP) is 4.64. The Morgan fingerprint density at radius 1 is 1.38 bits per heavy atom. The SMILES string of the molecule is Cc1ccc2c(c1)C1CCC2(OC(=O)c2cn(C)nc2C(F)F)C1(C)C. The summed E-state index contributed by atoms with van der Waals surface area (Å²) < 4.78 is 33.8. The van der Waals surface area contributed by atoms with Crippen LogP contribution in [-0.4, -0.2) is 15.7 Å². The number of ether oxygens (including phenoxy) is 1. The zero-order valence-electron chi connectivity index (χ0n) is 15.3. The van der Waals surface area contributed by atoms with Gasteiger partial charge in [0.1, 0.15) is 16.9 Å². The topological polar surface area (TPSA) is 44.1 Å². The fourth-order valence-electron chi connectivity index (χ4n) is 4.95. The van der Waals surface area contributed by atoms with Crippen LogP contribution in [0.2, 0.25) is 0 Å². The molecule has 2 aliphatic rings. The highest BCUT2D eigenvalue weighted by molar-refractivity contribution is 5.91. The van der Waals surface area contributed by atoms with Crippen molar-refractivity contribution in [3.8, 4) is 0 Å². The highest BCUT2D eigenvalue weighted by Gasteiger charge is 2.64. The van der Waals surface area contributed by atoms with Crippen LogP contribution < -0.4 is 0 Å². The number of alkyl halides is 2. The molecule has 0 N–H and O–H groups in total. The van der Waals surface area contributed by atoms with E-state index in [0.29, 0.717) is 12.3 Å². The lowest BCUT2D eigenvalue weighted by Crippen LogP contribution is -2.39. The summed E-state index contributed by atoms with van der Waals surface area (Å²) in [5, 5.41) is 3.72. The molecule has 0 saturated heterocycles. The summed E-state index contributed by atoms with van der Waals surface area (Å²) in [6.07, 6.45) is 0.117. The van der Waals surface area contributed by atoms with Crippen molar-refractivity contribution >= 4 is 5.97 Å². The molecule has 0 aliphatic heterocycles. The van der Waals surface area contributed by atoms with Crippen LogP contribution in [0.25, 0.3) is 0 Å². The number of aryl methyl sites for hydroxylation is 2. The monoisotopic (exact) mass is 360 g/mol. The van der Waals surface area contributed by atoms with E-state index in [1.807, 2.05) is 19.1 Å². The first-order chi connectivity index (χ1) is 12.2. The molecule has 138 valence electrons. The maximum absolute atomic E-state index is 13.3. The highest BCUT2D eigenvalue weighted by Crippen LogP contribution is 2.68. The molecule has 2 aromatic rings. The quantitative estimate of drug-likeness (QED) is 0.749. The molecule has 2 unspecified atom stereocenters. The Hall–Kier alpha value is -2.24. The van der Waals surface area contributed by atoms with Crippen molar-refractivity contribution in [2.75, 3.05) is 0 Å². The van der Waals surface area contributed by atoms with Gasteiger partial charge in [0.05, 0.1) is 0 Å². The third kappa shape index (κ3) is 2.10. The minimum absolute atomic E-state index is 0.156. The minimum Gasteiger partial charge on any atom is -0.450 e. The number of carbonyl (C=O) groups excluding carboxylic acids is 1. The van der Waals surface area contributed by atoms with Crippen molar-refractivity contribution in [1.82, 2.24) is 9.78 Å². The molecule has 4 rings (SSSR count). The van der Waals surface area contributed by atoms with Crippen LogP contribution >= 0.6 is 0 Å². The number of nitrogens with zero attached hydrogens (tertiary/aromatic N) is 2. The molecule has 0 spiro atoms. The van der Waals surface area contributed by atoms with Crippen LogP contribution in [0.3, 0.4) is 0 Å². The number of aromatic nitrogens is 2. The van der Waals surface area contributed by atoms with Crippen LogP contribution in [0, 0.1) is 12.3 Å². The van der Waals surface area contributed by atoms with E-state index in [0.717, 1.165) is 12.0 Å². The average molecular weight is 360 g/mol. The standard InChI is InChI=1S/C20H22F2N2O2/c1-11-5-6-15-12(9-11)14-7-8-20(15,19(14,2)3)26-18(25)13-10-24(4)23-16(13)17(21)22/h5-6,9-10,14,17H,7-8H2,1-4H3. The molecule has 6 heteroatoms. The Kier molecular flexibility index (Phi) is 3.56. The van der Waals surface area contributed by atoms with Gasteiger partial charge in [-0.25, -0.2) is 13.6 Å². The molecule has 4 nitrogen and oxygen atoms in total. The molecular formula is C20H22F2N2O2. The van der Waals surface area contributed by atoms with Gasteiger partial charge < -0.3 is 4.74 Å². The molecule has 0 radical (unpaired) electrons. The summed E-state index contributed by atoms with van der Waals surface area (Å²) in [6, 6.07) is 6.20. The van der Waals surface area contributed by atoms with Crippen molar-refractivity contribution in [1.29, 1.82) is 0 Å². The first-order valence-electron chi connectivity index (χ1n) is 8.83. The summed E-state index contributed by atoms with van der Waals surface area (Å²) in [4.78, 5) is 12.9. The average Bonchev–Trinajstić information content (AvgIpc) is 3.12. The number of fused-ring (bicyclic) bond motifs is 5. The Bertz CT molecular complexity index is 903. The summed E-state index contributed by atoms with van der Waals surface area (Å²) >= 11 is 0. The number of hydrogen-bond donors (Lipinski definition) is 0. The van der Waals surface area contributed by atoms with E-state index < -0.39 is 23.7 Å². The molecule has 2 bridgehead atoms. The number of carbonyl (C=O) groups is 1. The number of halogens is 2. The summed E-state index contributed by atoms with van der Waals surface area (Å²) in [5.41, 5.74) is 1.65. The van der Waals surface area contributed by atoms with Gasteiger partial charge in [0.15, 0.2) is 0 Å². The fourth-order valence-corrected chi connectivity index (χ4v) is 4.95. The van der Waals surface area contributed by atoms with Crippen LogP contribution in [0.1, 0.15) is 71.8 Å². The second kappa shape index (κ2) is 5.38. The normalized spacial score (nSPS) is 25.6. The van der Waals surface area contributed by atoms with E-state index in [-0.39, 0.29) is 11.0 Å². The number of benzene rings is 1. The fraction of sp³-hybridized carbons (Fsp3) is 0.500. The second-order valence-electron chi connectivity index (χ2n) is 8.02. The summed E-state index contributed by atoms with van der Waals surface area (Å²) in [7, 11) is 1.52. The Morgan fingerprint density at radius 2 is 2.12 bits per heavy atom. The van der Waals surface area contributed by atoms with Gasteiger partial charge in [-0.15, -0.1) is 0 Å². The molecule has 2 atom stereocenters. The molecule has 1 aromatic carbocycles. The predicted molar refractivity (Wildman–Crippen MR) is 92.2 cm³/mol. The zero-order valence-corrected chi connectivity index (χ0v) is 15.3. The van der Waals surface area contributed by atoms with Crippen molar-refractivity contribution in [2.24, 2.45) is 12.5 Å². The molecule has 1 heterocycles. The minimum atomic E-state index is -2.82. The maximum Gasteiger partial charge on any atom is 0.342 e. The second-order valence-corrected chi connectivity index (χ2v) is 8.02. The Morgan fingerprint density at radius 3 is 2.81 bits per heavy atom. The number of hydrogen-bond acceptors (Lipinski definition) is 3. The van der Waals surface area contributed by atoms with Gasteiger partial charge in [0.2, 0.25) is 0 Å². The van der Waals surface area contributed by atoms with Gasteiger partial charge in [-0.1, -0.05) is 37.6 Å². The summed E-state index contributed by atoms with van der Waals surface area (Å²) in [5.74, 6) is -0.427. The largest absolute Gasteiger partial charge is 0.450 e. The van der Waals surface area contributed by atoms with Gasteiger partial charge in [0, 0.05) is 18.7 Å². The van der Waals surface area contributed by atoms with E-state index in [1.165, 1.54) is 29.1 Å². The van der Waals surface area contributed by atoms with Crippen LogP contribution in [-0.2, 0) is 17.4 Å².